The predicted molar refractivity (Wildman–Crippen MR) is 76.7 cm³/mol. The molecule has 5 heteroatoms. The van der Waals surface area contributed by atoms with E-state index in [2.05, 4.69) is 11.9 Å². The van der Waals surface area contributed by atoms with Gasteiger partial charge in [-0.1, -0.05) is 6.07 Å². The second-order valence-corrected chi connectivity index (χ2v) is 5.20. The molecule has 1 aromatic carbocycles. The fraction of sp³-hybridized carbons (Fsp3) is 0.500. The van der Waals surface area contributed by atoms with E-state index in [1.165, 1.54) is 18.9 Å². The number of nitrogen functional groups attached to an aromatic ring is 1. The van der Waals surface area contributed by atoms with Crippen LogP contribution < -0.4 is 10.6 Å². The summed E-state index contributed by atoms with van der Waals surface area (Å²) in [5.74, 6) is -0.981. The van der Waals surface area contributed by atoms with Crippen molar-refractivity contribution in [1.29, 1.82) is 0 Å². The molecule has 0 aliphatic carbocycles. The Labute approximate surface area is 113 Å². The number of nitrogens with zero attached hydrogens (tertiary/aromatic N) is 2. The van der Waals surface area contributed by atoms with E-state index in [-0.39, 0.29) is 5.56 Å². The lowest BCUT2D eigenvalue weighted by Crippen LogP contribution is -2.37. The van der Waals surface area contributed by atoms with Gasteiger partial charge in [0, 0.05) is 19.6 Å². The molecule has 0 radical (unpaired) electrons. The van der Waals surface area contributed by atoms with Crippen LogP contribution in [0.5, 0.6) is 0 Å². The van der Waals surface area contributed by atoms with Gasteiger partial charge in [0.25, 0.3) is 0 Å². The van der Waals surface area contributed by atoms with Crippen LogP contribution in [-0.2, 0) is 0 Å². The molecule has 0 amide bonds. The molecule has 0 aromatic heterocycles. The zero-order valence-electron chi connectivity index (χ0n) is 11.5. The van der Waals surface area contributed by atoms with Crippen molar-refractivity contribution >= 4 is 17.3 Å². The second-order valence-electron chi connectivity index (χ2n) is 5.20. The van der Waals surface area contributed by atoms with E-state index in [0.717, 1.165) is 18.8 Å². The van der Waals surface area contributed by atoms with Gasteiger partial charge in [-0.3, -0.25) is 0 Å². The van der Waals surface area contributed by atoms with Crippen LogP contribution in [0.2, 0.25) is 0 Å². The SMILES string of the molecule is CN(CC1CCCN1C)c1cccc(C(=O)O)c1N. The van der Waals surface area contributed by atoms with Crippen molar-refractivity contribution in [2.75, 3.05) is 37.8 Å². The number of carboxylic acids is 1. The van der Waals surface area contributed by atoms with Gasteiger partial charge in [-0.25, -0.2) is 4.79 Å². The lowest BCUT2D eigenvalue weighted by molar-refractivity contribution is 0.0698. The first kappa shape index (κ1) is 13.7. The first-order valence-corrected chi connectivity index (χ1v) is 6.54. The highest BCUT2D eigenvalue weighted by Gasteiger charge is 2.23. The summed E-state index contributed by atoms with van der Waals surface area (Å²) in [5, 5.41) is 9.09. The van der Waals surface area contributed by atoms with Crippen LogP contribution in [0.3, 0.4) is 0 Å². The molecule has 0 saturated carbocycles. The van der Waals surface area contributed by atoms with Crippen molar-refractivity contribution in [2.45, 2.75) is 18.9 Å². The average Bonchev–Trinajstić information content (AvgIpc) is 2.74. The summed E-state index contributed by atoms with van der Waals surface area (Å²) in [4.78, 5) is 15.5. The monoisotopic (exact) mass is 263 g/mol. The molecular weight excluding hydrogens is 242 g/mol. The van der Waals surface area contributed by atoms with E-state index >= 15 is 0 Å². The van der Waals surface area contributed by atoms with Gasteiger partial charge in [-0.2, -0.15) is 0 Å². The number of likely N-dealkylation sites (tertiary alicyclic amines) is 1. The van der Waals surface area contributed by atoms with Crippen LogP contribution in [-0.4, -0.2) is 49.2 Å². The van der Waals surface area contributed by atoms with Crippen molar-refractivity contribution < 1.29 is 9.90 Å². The number of hydrogen-bond acceptors (Lipinski definition) is 4. The maximum absolute atomic E-state index is 11.1. The summed E-state index contributed by atoms with van der Waals surface area (Å²) in [6.45, 7) is 1.99. The standard InChI is InChI=1S/C14H21N3O2/c1-16-8-4-5-10(16)9-17(2)12-7-3-6-11(13(12)15)14(18)19/h3,6-7,10H,4-5,8-9,15H2,1-2H3,(H,18,19). The van der Waals surface area contributed by atoms with Crippen LogP contribution in [0.1, 0.15) is 23.2 Å². The van der Waals surface area contributed by atoms with E-state index in [1.54, 1.807) is 6.07 Å². The molecular formula is C14H21N3O2. The lowest BCUT2D eigenvalue weighted by atomic mass is 10.1. The Bertz CT molecular complexity index is 476. The molecule has 5 nitrogen and oxygen atoms in total. The largest absolute Gasteiger partial charge is 0.478 e. The summed E-state index contributed by atoms with van der Waals surface area (Å²) in [5.41, 5.74) is 7.27. The highest BCUT2D eigenvalue weighted by molar-refractivity contribution is 5.97. The third-order valence-corrected chi connectivity index (χ3v) is 3.88. The molecule has 1 fully saturated rings. The highest BCUT2D eigenvalue weighted by Crippen LogP contribution is 2.27. The number of para-hydroxylation sites is 1. The van der Waals surface area contributed by atoms with Crippen molar-refractivity contribution in [2.24, 2.45) is 0 Å². The van der Waals surface area contributed by atoms with Crippen molar-refractivity contribution in [3.05, 3.63) is 23.8 Å². The number of benzene rings is 1. The van der Waals surface area contributed by atoms with Crippen LogP contribution in [0, 0.1) is 0 Å². The first-order chi connectivity index (χ1) is 9.00. The molecule has 3 N–H and O–H groups in total. The predicted octanol–water partition coefficient (Wildman–Crippen LogP) is 1.50. The molecule has 1 unspecified atom stereocenters. The molecule has 1 aliphatic heterocycles. The summed E-state index contributed by atoms with van der Waals surface area (Å²) < 4.78 is 0. The molecule has 1 aliphatic rings. The molecule has 0 spiro atoms. The smallest absolute Gasteiger partial charge is 0.337 e. The van der Waals surface area contributed by atoms with E-state index in [0.29, 0.717) is 11.7 Å². The number of aromatic carboxylic acids is 1. The van der Waals surface area contributed by atoms with Gasteiger partial charge in [-0.15, -0.1) is 0 Å². The molecule has 1 saturated heterocycles. The van der Waals surface area contributed by atoms with Crippen LogP contribution in [0.15, 0.2) is 18.2 Å². The van der Waals surface area contributed by atoms with Crippen LogP contribution >= 0.6 is 0 Å². The number of rotatable bonds is 4. The molecule has 1 heterocycles. The minimum atomic E-state index is -0.981. The quantitative estimate of drug-likeness (QED) is 0.806. The Balaban J connectivity index is 2.17. The minimum absolute atomic E-state index is 0.170. The summed E-state index contributed by atoms with van der Waals surface area (Å²) in [6.07, 6.45) is 2.40. The maximum atomic E-state index is 11.1. The Kier molecular flexibility index (Phi) is 3.95. The number of likely N-dealkylation sites (N-methyl/N-ethyl adjacent to an activating group) is 2. The Hall–Kier alpha value is -1.75. The highest BCUT2D eigenvalue weighted by atomic mass is 16.4. The number of anilines is 2. The number of carbonyl (C=O) groups is 1. The average molecular weight is 263 g/mol. The van der Waals surface area contributed by atoms with E-state index in [4.69, 9.17) is 10.8 Å². The number of carboxylic acid groups (broad SMARTS) is 1. The van der Waals surface area contributed by atoms with E-state index in [1.807, 2.05) is 18.0 Å². The third kappa shape index (κ3) is 2.81. The molecule has 1 atom stereocenters. The number of nitrogens with two attached hydrogens (primary N) is 1. The van der Waals surface area contributed by atoms with Gasteiger partial charge >= 0.3 is 5.97 Å². The van der Waals surface area contributed by atoms with Gasteiger partial charge in [0.1, 0.15) is 0 Å². The Morgan fingerprint density at radius 3 is 2.89 bits per heavy atom. The zero-order chi connectivity index (χ0) is 14.0. The molecule has 104 valence electrons. The van der Waals surface area contributed by atoms with E-state index < -0.39 is 5.97 Å². The van der Waals surface area contributed by atoms with Crippen LogP contribution in [0.25, 0.3) is 0 Å². The lowest BCUT2D eigenvalue weighted by Gasteiger charge is -2.28. The molecule has 1 aromatic rings. The fourth-order valence-electron chi connectivity index (χ4n) is 2.70. The van der Waals surface area contributed by atoms with Gasteiger partial charge in [0.15, 0.2) is 0 Å². The summed E-state index contributed by atoms with van der Waals surface area (Å²) >= 11 is 0. The molecule has 0 bridgehead atoms. The Morgan fingerprint density at radius 1 is 1.58 bits per heavy atom. The van der Waals surface area contributed by atoms with Gasteiger partial charge < -0.3 is 20.6 Å². The van der Waals surface area contributed by atoms with Crippen molar-refractivity contribution in [3.8, 4) is 0 Å². The molecule has 19 heavy (non-hydrogen) atoms. The summed E-state index contributed by atoms with van der Waals surface area (Å²) in [7, 11) is 4.09. The van der Waals surface area contributed by atoms with Crippen LogP contribution in [0.4, 0.5) is 11.4 Å². The fourth-order valence-corrected chi connectivity index (χ4v) is 2.70. The van der Waals surface area contributed by atoms with Crippen molar-refractivity contribution in [1.82, 2.24) is 4.90 Å². The third-order valence-electron chi connectivity index (χ3n) is 3.88. The zero-order valence-corrected chi connectivity index (χ0v) is 11.5. The van der Waals surface area contributed by atoms with Crippen molar-refractivity contribution in [3.63, 3.8) is 0 Å². The molecule has 2 rings (SSSR count). The summed E-state index contributed by atoms with van der Waals surface area (Å²) in [6, 6.07) is 5.66. The van der Waals surface area contributed by atoms with Gasteiger partial charge in [0.05, 0.1) is 16.9 Å². The maximum Gasteiger partial charge on any atom is 0.337 e. The number of hydrogen-bond donors (Lipinski definition) is 2. The first-order valence-electron chi connectivity index (χ1n) is 6.54. The minimum Gasteiger partial charge on any atom is -0.478 e. The van der Waals surface area contributed by atoms with E-state index in [9.17, 15) is 4.79 Å². The second kappa shape index (κ2) is 5.48. The van der Waals surface area contributed by atoms with Gasteiger partial charge in [-0.05, 0) is 38.6 Å². The Morgan fingerprint density at radius 2 is 2.32 bits per heavy atom. The normalized spacial score (nSPS) is 19.6. The topological polar surface area (TPSA) is 69.8 Å². The van der Waals surface area contributed by atoms with Gasteiger partial charge in [0.2, 0.25) is 0 Å².